The van der Waals surface area contributed by atoms with Gasteiger partial charge in [-0.25, -0.2) is 0 Å². The Balaban J connectivity index is 2.05. The SMILES string of the molecule is CCc1cc(OCc2cc(NC)ccn2)ccc1Cl. The number of pyridine rings is 1. The van der Waals surface area contributed by atoms with Crippen LogP contribution in [-0.2, 0) is 13.0 Å². The number of benzene rings is 1. The molecule has 0 aliphatic rings. The molecule has 4 heteroatoms. The third-order valence-electron chi connectivity index (χ3n) is 2.89. The van der Waals surface area contributed by atoms with E-state index in [0.717, 1.165) is 34.1 Å². The fraction of sp³-hybridized carbons (Fsp3) is 0.267. The van der Waals surface area contributed by atoms with Gasteiger partial charge in [-0.2, -0.15) is 0 Å². The standard InChI is InChI=1S/C15H17ClN2O/c1-3-11-8-14(4-5-15(11)16)19-10-13-9-12(17-2)6-7-18-13/h4-9H,3,10H2,1-2H3,(H,17,18). The molecule has 0 radical (unpaired) electrons. The minimum Gasteiger partial charge on any atom is -0.487 e. The number of nitrogens with zero attached hydrogens (tertiary/aromatic N) is 1. The quantitative estimate of drug-likeness (QED) is 0.899. The van der Waals surface area contributed by atoms with Crippen LogP contribution in [0.4, 0.5) is 5.69 Å². The first-order valence-electron chi connectivity index (χ1n) is 6.27. The molecule has 0 aliphatic carbocycles. The van der Waals surface area contributed by atoms with Crippen molar-refractivity contribution in [1.29, 1.82) is 0 Å². The van der Waals surface area contributed by atoms with Crippen molar-refractivity contribution in [3.05, 3.63) is 52.8 Å². The zero-order valence-corrected chi connectivity index (χ0v) is 11.9. The molecule has 0 unspecified atom stereocenters. The number of ether oxygens (including phenoxy) is 1. The average Bonchev–Trinajstić information content (AvgIpc) is 2.46. The van der Waals surface area contributed by atoms with E-state index < -0.39 is 0 Å². The Morgan fingerprint density at radius 2 is 2.11 bits per heavy atom. The van der Waals surface area contributed by atoms with Gasteiger partial charge in [0.2, 0.25) is 0 Å². The molecule has 1 N–H and O–H groups in total. The first-order valence-corrected chi connectivity index (χ1v) is 6.64. The normalized spacial score (nSPS) is 10.3. The topological polar surface area (TPSA) is 34.1 Å². The largest absolute Gasteiger partial charge is 0.487 e. The summed E-state index contributed by atoms with van der Waals surface area (Å²) in [7, 11) is 1.88. The molecule has 1 aromatic heterocycles. The van der Waals surface area contributed by atoms with E-state index in [1.54, 1.807) is 6.20 Å². The molecule has 0 fully saturated rings. The van der Waals surface area contributed by atoms with E-state index in [0.29, 0.717) is 6.61 Å². The molecular weight excluding hydrogens is 260 g/mol. The van der Waals surface area contributed by atoms with Crippen molar-refractivity contribution in [1.82, 2.24) is 4.98 Å². The zero-order chi connectivity index (χ0) is 13.7. The van der Waals surface area contributed by atoms with Gasteiger partial charge in [-0.05, 0) is 42.3 Å². The highest BCUT2D eigenvalue weighted by Gasteiger charge is 2.02. The molecule has 3 nitrogen and oxygen atoms in total. The second-order valence-electron chi connectivity index (χ2n) is 4.18. The highest BCUT2D eigenvalue weighted by atomic mass is 35.5. The fourth-order valence-electron chi connectivity index (χ4n) is 1.78. The smallest absolute Gasteiger partial charge is 0.130 e. The molecule has 0 aliphatic heterocycles. The van der Waals surface area contributed by atoms with E-state index in [1.807, 2.05) is 37.4 Å². The van der Waals surface area contributed by atoms with Crippen LogP contribution in [0.3, 0.4) is 0 Å². The Hall–Kier alpha value is -1.74. The van der Waals surface area contributed by atoms with Gasteiger partial charge in [-0.1, -0.05) is 18.5 Å². The number of halogens is 1. The van der Waals surface area contributed by atoms with Crippen molar-refractivity contribution in [2.24, 2.45) is 0 Å². The van der Waals surface area contributed by atoms with Gasteiger partial charge in [-0.15, -0.1) is 0 Å². The number of anilines is 1. The van der Waals surface area contributed by atoms with Gasteiger partial charge >= 0.3 is 0 Å². The third-order valence-corrected chi connectivity index (χ3v) is 3.26. The summed E-state index contributed by atoms with van der Waals surface area (Å²) in [6.07, 6.45) is 2.66. The van der Waals surface area contributed by atoms with E-state index in [1.165, 1.54) is 0 Å². The van der Waals surface area contributed by atoms with Crippen LogP contribution in [0, 0.1) is 0 Å². The van der Waals surface area contributed by atoms with E-state index in [2.05, 4.69) is 17.2 Å². The number of rotatable bonds is 5. The van der Waals surface area contributed by atoms with Crippen molar-refractivity contribution >= 4 is 17.3 Å². The Morgan fingerprint density at radius 1 is 1.26 bits per heavy atom. The number of hydrogen-bond acceptors (Lipinski definition) is 3. The summed E-state index contributed by atoms with van der Waals surface area (Å²) in [4.78, 5) is 4.27. The first kappa shape index (κ1) is 13.7. The van der Waals surface area contributed by atoms with Crippen LogP contribution < -0.4 is 10.1 Å². The molecule has 100 valence electrons. The number of nitrogens with one attached hydrogen (secondary N) is 1. The summed E-state index contributed by atoms with van der Waals surface area (Å²) >= 11 is 6.08. The highest BCUT2D eigenvalue weighted by Crippen LogP contribution is 2.23. The molecule has 0 saturated carbocycles. The monoisotopic (exact) mass is 276 g/mol. The maximum Gasteiger partial charge on any atom is 0.130 e. The Morgan fingerprint density at radius 3 is 2.84 bits per heavy atom. The van der Waals surface area contributed by atoms with Crippen LogP contribution in [0.1, 0.15) is 18.2 Å². The number of hydrogen-bond donors (Lipinski definition) is 1. The summed E-state index contributed by atoms with van der Waals surface area (Å²) in [5, 5.41) is 3.86. The van der Waals surface area contributed by atoms with E-state index >= 15 is 0 Å². The van der Waals surface area contributed by atoms with E-state index in [-0.39, 0.29) is 0 Å². The Labute approximate surface area is 118 Å². The maximum atomic E-state index is 6.08. The molecule has 2 rings (SSSR count). The molecule has 19 heavy (non-hydrogen) atoms. The minimum atomic E-state index is 0.445. The van der Waals surface area contributed by atoms with Crippen LogP contribution in [0.15, 0.2) is 36.5 Å². The van der Waals surface area contributed by atoms with Crippen molar-refractivity contribution in [2.45, 2.75) is 20.0 Å². The van der Waals surface area contributed by atoms with Crippen LogP contribution in [0.25, 0.3) is 0 Å². The van der Waals surface area contributed by atoms with E-state index in [4.69, 9.17) is 16.3 Å². The van der Waals surface area contributed by atoms with Gasteiger partial charge < -0.3 is 10.1 Å². The van der Waals surface area contributed by atoms with Crippen molar-refractivity contribution < 1.29 is 4.74 Å². The van der Waals surface area contributed by atoms with Crippen LogP contribution in [0.2, 0.25) is 5.02 Å². The molecule has 0 amide bonds. The third kappa shape index (κ3) is 3.61. The van der Waals surface area contributed by atoms with E-state index in [9.17, 15) is 0 Å². The molecule has 2 aromatic rings. The lowest BCUT2D eigenvalue weighted by atomic mass is 10.1. The first-order chi connectivity index (χ1) is 9.22. The second kappa shape index (κ2) is 6.43. The fourth-order valence-corrected chi connectivity index (χ4v) is 2.03. The Kier molecular flexibility index (Phi) is 4.63. The van der Waals surface area contributed by atoms with Crippen molar-refractivity contribution in [3.63, 3.8) is 0 Å². The second-order valence-corrected chi connectivity index (χ2v) is 4.59. The van der Waals surface area contributed by atoms with Gasteiger partial charge in [0.1, 0.15) is 12.4 Å². The zero-order valence-electron chi connectivity index (χ0n) is 11.1. The van der Waals surface area contributed by atoms with Gasteiger partial charge in [-0.3, -0.25) is 4.98 Å². The van der Waals surface area contributed by atoms with Gasteiger partial charge in [0.05, 0.1) is 5.69 Å². The molecule has 0 atom stereocenters. The average molecular weight is 277 g/mol. The number of aryl methyl sites for hydroxylation is 1. The van der Waals surface area contributed by atoms with Gasteiger partial charge in [0, 0.05) is 24.0 Å². The van der Waals surface area contributed by atoms with Crippen molar-refractivity contribution in [3.8, 4) is 5.75 Å². The van der Waals surface area contributed by atoms with Gasteiger partial charge in [0.25, 0.3) is 0 Å². The molecule has 0 spiro atoms. The summed E-state index contributed by atoms with van der Waals surface area (Å²) in [5.74, 6) is 0.818. The lowest BCUT2D eigenvalue weighted by molar-refractivity contribution is 0.301. The highest BCUT2D eigenvalue weighted by molar-refractivity contribution is 6.31. The minimum absolute atomic E-state index is 0.445. The van der Waals surface area contributed by atoms with Crippen LogP contribution in [0.5, 0.6) is 5.75 Å². The summed E-state index contributed by atoms with van der Waals surface area (Å²) in [5.41, 5.74) is 3.01. The maximum absolute atomic E-state index is 6.08. The lowest BCUT2D eigenvalue weighted by Gasteiger charge is -2.09. The molecule has 1 aromatic carbocycles. The summed E-state index contributed by atoms with van der Waals surface area (Å²) in [6, 6.07) is 9.61. The predicted molar refractivity (Wildman–Crippen MR) is 78.9 cm³/mol. The summed E-state index contributed by atoms with van der Waals surface area (Å²) in [6.45, 7) is 2.52. The van der Waals surface area contributed by atoms with Gasteiger partial charge in [0.15, 0.2) is 0 Å². The molecule has 0 bridgehead atoms. The molecule has 1 heterocycles. The van der Waals surface area contributed by atoms with Crippen LogP contribution >= 0.6 is 11.6 Å². The molecule has 0 saturated heterocycles. The van der Waals surface area contributed by atoms with Crippen molar-refractivity contribution in [2.75, 3.05) is 12.4 Å². The number of aromatic nitrogens is 1. The predicted octanol–water partition coefficient (Wildman–Crippen LogP) is 3.92. The Bertz CT molecular complexity index is 558. The lowest BCUT2D eigenvalue weighted by Crippen LogP contribution is -2.00. The summed E-state index contributed by atoms with van der Waals surface area (Å²) < 4.78 is 5.74. The van der Waals surface area contributed by atoms with Crippen LogP contribution in [-0.4, -0.2) is 12.0 Å². The molecular formula is C15H17ClN2O.